The van der Waals surface area contributed by atoms with Crippen molar-refractivity contribution in [2.75, 3.05) is 40.8 Å². The molecule has 1 aliphatic heterocycles. The molecule has 1 aliphatic rings. The predicted molar refractivity (Wildman–Crippen MR) is 83.5 cm³/mol. The van der Waals surface area contributed by atoms with E-state index in [-0.39, 0.29) is 17.9 Å². The summed E-state index contributed by atoms with van der Waals surface area (Å²) in [6.07, 6.45) is 0.334. The minimum absolute atomic E-state index is 0.0377. The summed E-state index contributed by atoms with van der Waals surface area (Å²) in [6.45, 7) is 5.63. The molecule has 1 aromatic rings. The Labute approximate surface area is 131 Å². The quantitative estimate of drug-likeness (QED) is 0.839. The van der Waals surface area contributed by atoms with Gasteiger partial charge in [0, 0.05) is 45.0 Å². The Morgan fingerprint density at radius 3 is 2.55 bits per heavy atom. The first kappa shape index (κ1) is 16.5. The van der Waals surface area contributed by atoms with Crippen LogP contribution in [0.3, 0.4) is 0 Å². The Balaban J connectivity index is 2.06. The van der Waals surface area contributed by atoms with Crippen LogP contribution in [0.5, 0.6) is 0 Å². The molecule has 7 heteroatoms. The molecule has 2 amide bonds. The molecular formula is C15H25N5O2. The first-order valence-electron chi connectivity index (χ1n) is 7.51. The fourth-order valence-corrected chi connectivity index (χ4v) is 2.76. The summed E-state index contributed by atoms with van der Waals surface area (Å²) in [4.78, 5) is 30.2. The van der Waals surface area contributed by atoms with E-state index in [0.29, 0.717) is 26.1 Å². The number of rotatable bonds is 3. The van der Waals surface area contributed by atoms with Crippen LogP contribution in [0.25, 0.3) is 0 Å². The van der Waals surface area contributed by atoms with E-state index in [1.165, 1.54) is 0 Å². The van der Waals surface area contributed by atoms with Crippen molar-refractivity contribution in [1.82, 2.24) is 24.9 Å². The number of aromatic amines is 1. The first-order chi connectivity index (χ1) is 10.3. The molecule has 0 aliphatic carbocycles. The van der Waals surface area contributed by atoms with Gasteiger partial charge in [0.1, 0.15) is 6.04 Å². The molecule has 122 valence electrons. The third-order valence-corrected chi connectivity index (χ3v) is 4.34. The van der Waals surface area contributed by atoms with Gasteiger partial charge in [0.05, 0.1) is 12.1 Å². The highest BCUT2D eigenvalue weighted by Crippen LogP contribution is 2.15. The molecule has 22 heavy (non-hydrogen) atoms. The lowest BCUT2D eigenvalue weighted by Crippen LogP contribution is -2.58. The SMILES string of the molecule is Cc1n[nH]c(C)c1CC(=O)N1CCN(C)[C@H](C(=O)N(C)C)C1. The summed E-state index contributed by atoms with van der Waals surface area (Å²) in [7, 11) is 5.42. The summed E-state index contributed by atoms with van der Waals surface area (Å²) < 4.78 is 0. The Morgan fingerprint density at radius 1 is 1.32 bits per heavy atom. The molecular weight excluding hydrogens is 282 g/mol. The summed E-state index contributed by atoms with van der Waals surface area (Å²) in [6, 6.07) is -0.265. The number of hydrogen-bond acceptors (Lipinski definition) is 4. The van der Waals surface area contributed by atoms with Crippen LogP contribution in [0.2, 0.25) is 0 Å². The van der Waals surface area contributed by atoms with Gasteiger partial charge in [0.15, 0.2) is 0 Å². The maximum absolute atomic E-state index is 12.6. The Hall–Kier alpha value is -1.89. The lowest BCUT2D eigenvalue weighted by atomic mass is 10.1. The number of aromatic nitrogens is 2. The second kappa shape index (κ2) is 6.48. The van der Waals surface area contributed by atoms with Crippen LogP contribution in [-0.2, 0) is 16.0 Å². The third-order valence-electron chi connectivity index (χ3n) is 4.34. The smallest absolute Gasteiger partial charge is 0.241 e. The molecule has 2 rings (SSSR count). The molecule has 1 fully saturated rings. The maximum Gasteiger partial charge on any atom is 0.241 e. The van der Waals surface area contributed by atoms with Crippen molar-refractivity contribution in [1.29, 1.82) is 0 Å². The van der Waals surface area contributed by atoms with Crippen LogP contribution < -0.4 is 0 Å². The summed E-state index contributed by atoms with van der Waals surface area (Å²) in [5.74, 6) is 0.0907. The van der Waals surface area contributed by atoms with Crippen LogP contribution in [0, 0.1) is 13.8 Å². The zero-order valence-electron chi connectivity index (χ0n) is 14.0. The number of amides is 2. The van der Waals surface area contributed by atoms with Crippen molar-refractivity contribution in [3.8, 4) is 0 Å². The third kappa shape index (κ3) is 3.30. The highest BCUT2D eigenvalue weighted by Gasteiger charge is 2.33. The molecule has 7 nitrogen and oxygen atoms in total. The van der Waals surface area contributed by atoms with Gasteiger partial charge in [0.25, 0.3) is 0 Å². The van der Waals surface area contributed by atoms with Crippen molar-refractivity contribution in [2.24, 2.45) is 0 Å². The van der Waals surface area contributed by atoms with Crippen molar-refractivity contribution in [2.45, 2.75) is 26.3 Å². The van der Waals surface area contributed by atoms with Crippen molar-refractivity contribution >= 4 is 11.8 Å². The Bertz CT molecular complexity index is 547. The number of nitrogens with one attached hydrogen (secondary N) is 1. The minimum atomic E-state index is -0.265. The largest absolute Gasteiger partial charge is 0.347 e. The molecule has 0 radical (unpaired) electrons. The summed E-state index contributed by atoms with van der Waals surface area (Å²) in [5, 5.41) is 7.03. The van der Waals surface area contributed by atoms with E-state index in [2.05, 4.69) is 10.2 Å². The van der Waals surface area contributed by atoms with Crippen LogP contribution in [0.1, 0.15) is 17.0 Å². The van der Waals surface area contributed by atoms with Gasteiger partial charge in [-0.25, -0.2) is 0 Å². The van der Waals surface area contributed by atoms with E-state index in [1.54, 1.807) is 23.9 Å². The topological polar surface area (TPSA) is 72.5 Å². The zero-order chi connectivity index (χ0) is 16.4. The van der Waals surface area contributed by atoms with E-state index < -0.39 is 0 Å². The average molecular weight is 307 g/mol. The van der Waals surface area contributed by atoms with E-state index >= 15 is 0 Å². The second-order valence-corrected chi connectivity index (χ2v) is 6.16. The number of piperazine rings is 1. The fraction of sp³-hybridized carbons (Fsp3) is 0.667. The van der Waals surface area contributed by atoms with E-state index in [4.69, 9.17) is 0 Å². The number of hydrogen-bond donors (Lipinski definition) is 1. The fourth-order valence-electron chi connectivity index (χ4n) is 2.76. The van der Waals surface area contributed by atoms with Crippen LogP contribution in [0.15, 0.2) is 0 Å². The number of carbonyl (C=O) groups excluding carboxylic acids is 2. The molecule has 2 heterocycles. The average Bonchev–Trinajstić information content (AvgIpc) is 2.78. The number of carbonyl (C=O) groups is 2. The number of aryl methyl sites for hydroxylation is 2. The van der Waals surface area contributed by atoms with Gasteiger partial charge in [-0.1, -0.05) is 0 Å². The molecule has 0 aromatic carbocycles. The molecule has 0 bridgehead atoms. The van der Waals surface area contributed by atoms with Crippen LogP contribution >= 0.6 is 0 Å². The van der Waals surface area contributed by atoms with Gasteiger partial charge in [0.2, 0.25) is 11.8 Å². The van der Waals surface area contributed by atoms with Crippen molar-refractivity contribution in [3.05, 3.63) is 17.0 Å². The van der Waals surface area contributed by atoms with Gasteiger partial charge in [-0.05, 0) is 20.9 Å². The predicted octanol–water partition coefficient (Wildman–Crippen LogP) is -0.200. The minimum Gasteiger partial charge on any atom is -0.347 e. The van der Waals surface area contributed by atoms with E-state index in [0.717, 1.165) is 17.0 Å². The molecule has 1 saturated heterocycles. The highest BCUT2D eigenvalue weighted by molar-refractivity contribution is 5.84. The lowest BCUT2D eigenvalue weighted by molar-refractivity contribution is -0.141. The first-order valence-corrected chi connectivity index (χ1v) is 7.51. The summed E-state index contributed by atoms with van der Waals surface area (Å²) in [5.41, 5.74) is 2.75. The number of likely N-dealkylation sites (N-methyl/N-ethyl adjacent to an activating group) is 2. The van der Waals surface area contributed by atoms with Gasteiger partial charge >= 0.3 is 0 Å². The molecule has 0 saturated carbocycles. The van der Waals surface area contributed by atoms with Gasteiger partial charge in [-0.3, -0.25) is 19.6 Å². The summed E-state index contributed by atoms with van der Waals surface area (Å²) >= 11 is 0. The zero-order valence-corrected chi connectivity index (χ0v) is 14.0. The van der Waals surface area contributed by atoms with E-state index in [1.807, 2.05) is 25.8 Å². The molecule has 0 unspecified atom stereocenters. The van der Waals surface area contributed by atoms with E-state index in [9.17, 15) is 9.59 Å². The molecule has 0 spiro atoms. The van der Waals surface area contributed by atoms with Gasteiger partial charge in [-0.2, -0.15) is 5.10 Å². The normalized spacial score (nSPS) is 19.3. The lowest BCUT2D eigenvalue weighted by Gasteiger charge is -2.39. The Morgan fingerprint density at radius 2 is 2.00 bits per heavy atom. The van der Waals surface area contributed by atoms with Crippen LogP contribution in [-0.4, -0.2) is 83.5 Å². The van der Waals surface area contributed by atoms with Crippen molar-refractivity contribution in [3.63, 3.8) is 0 Å². The molecule has 1 aromatic heterocycles. The Kier molecular flexibility index (Phi) is 4.85. The number of H-pyrrole nitrogens is 1. The maximum atomic E-state index is 12.6. The van der Waals surface area contributed by atoms with Crippen LogP contribution in [0.4, 0.5) is 0 Å². The van der Waals surface area contributed by atoms with Gasteiger partial charge < -0.3 is 9.80 Å². The molecule has 1 atom stereocenters. The number of nitrogens with zero attached hydrogens (tertiary/aromatic N) is 4. The monoisotopic (exact) mass is 307 g/mol. The molecule has 1 N–H and O–H groups in total. The standard InChI is InChI=1S/C15H25N5O2/c1-10-12(11(2)17-16-10)8-14(21)20-7-6-19(5)13(9-20)15(22)18(3)4/h13H,6-9H2,1-5H3,(H,16,17)/t13-/m0/s1. The van der Waals surface area contributed by atoms with Gasteiger partial charge in [-0.15, -0.1) is 0 Å². The second-order valence-electron chi connectivity index (χ2n) is 6.16. The van der Waals surface area contributed by atoms with Crippen molar-refractivity contribution < 1.29 is 9.59 Å². The highest BCUT2D eigenvalue weighted by atomic mass is 16.2.